The lowest BCUT2D eigenvalue weighted by atomic mass is 9.76. The van der Waals surface area contributed by atoms with E-state index in [0.717, 1.165) is 35.3 Å². The van der Waals surface area contributed by atoms with Gasteiger partial charge in [0, 0.05) is 18.7 Å². The van der Waals surface area contributed by atoms with Gasteiger partial charge >= 0.3 is 0 Å². The first-order valence-electron chi connectivity index (χ1n) is 7.44. The molecule has 0 bridgehead atoms. The number of benzene rings is 1. The van der Waals surface area contributed by atoms with E-state index in [9.17, 15) is 0 Å². The van der Waals surface area contributed by atoms with Gasteiger partial charge in [-0.05, 0) is 31.6 Å². The summed E-state index contributed by atoms with van der Waals surface area (Å²) in [6.45, 7) is 3.34. The lowest BCUT2D eigenvalue weighted by molar-refractivity contribution is 0.274. The van der Waals surface area contributed by atoms with Crippen LogP contribution in [0.3, 0.4) is 0 Å². The predicted molar refractivity (Wildman–Crippen MR) is 82.0 cm³/mol. The molecule has 0 unspecified atom stereocenters. The molecule has 2 aliphatic rings. The Balaban J connectivity index is 1.87. The fourth-order valence-corrected chi connectivity index (χ4v) is 3.34. The number of anilines is 2. The lowest BCUT2D eigenvalue weighted by Crippen LogP contribution is -2.49. The van der Waals surface area contributed by atoms with Crippen LogP contribution in [0.15, 0.2) is 12.1 Å². The summed E-state index contributed by atoms with van der Waals surface area (Å²) in [5.74, 6) is 2.41. The quantitative estimate of drug-likeness (QED) is 0.867. The summed E-state index contributed by atoms with van der Waals surface area (Å²) in [5, 5.41) is 7.33. The molecular weight excluding hydrogens is 252 g/mol. The van der Waals surface area contributed by atoms with Crippen molar-refractivity contribution in [2.45, 2.75) is 38.1 Å². The second kappa shape index (κ2) is 5.08. The SMILES string of the molecule is COc1cc2c(cc1OC)NC1(CCC(C)CC1)CN2. The predicted octanol–water partition coefficient (Wildman–Crippen LogP) is 3.49. The first-order valence-corrected chi connectivity index (χ1v) is 7.44. The molecule has 0 radical (unpaired) electrons. The van der Waals surface area contributed by atoms with E-state index in [1.807, 2.05) is 12.1 Å². The summed E-state index contributed by atoms with van der Waals surface area (Å²) in [6, 6.07) is 4.06. The average Bonchev–Trinajstić information content (AvgIpc) is 2.49. The number of hydrogen-bond acceptors (Lipinski definition) is 4. The zero-order valence-corrected chi connectivity index (χ0v) is 12.6. The summed E-state index contributed by atoms with van der Waals surface area (Å²) in [5.41, 5.74) is 2.44. The minimum Gasteiger partial charge on any atom is -0.493 e. The molecule has 3 rings (SSSR count). The summed E-state index contributed by atoms with van der Waals surface area (Å²) < 4.78 is 10.8. The maximum absolute atomic E-state index is 5.40. The van der Waals surface area contributed by atoms with Gasteiger partial charge in [-0.2, -0.15) is 0 Å². The Bertz CT molecular complexity index is 493. The van der Waals surface area contributed by atoms with Crippen LogP contribution in [0.2, 0.25) is 0 Å². The molecule has 1 spiro atoms. The first-order chi connectivity index (χ1) is 9.65. The van der Waals surface area contributed by atoms with Crippen LogP contribution in [0, 0.1) is 5.92 Å². The van der Waals surface area contributed by atoms with Gasteiger partial charge in [0.05, 0.1) is 31.1 Å². The highest BCUT2D eigenvalue weighted by Crippen LogP contribution is 2.43. The van der Waals surface area contributed by atoms with E-state index in [0.29, 0.717) is 0 Å². The van der Waals surface area contributed by atoms with Crippen molar-refractivity contribution >= 4 is 11.4 Å². The van der Waals surface area contributed by atoms with Crippen LogP contribution in [0.5, 0.6) is 11.5 Å². The highest BCUT2D eigenvalue weighted by Gasteiger charge is 2.37. The van der Waals surface area contributed by atoms with Crippen molar-refractivity contribution in [3.05, 3.63) is 12.1 Å². The summed E-state index contributed by atoms with van der Waals surface area (Å²) in [6.07, 6.45) is 5.07. The minimum absolute atomic E-state index is 0.207. The van der Waals surface area contributed by atoms with Crippen LogP contribution in [0.25, 0.3) is 0 Å². The molecule has 4 nitrogen and oxygen atoms in total. The molecule has 0 aromatic heterocycles. The molecule has 1 aliphatic carbocycles. The molecule has 1 heterocycles. The third kappa shape index (κ3) is 2.28. The molecule has 2 N–H and O–H groups in total. The van der Waals surface area contributed by atoms with Crippen molar-refractivity contribution in [2.24, 2.45) is 5.92 Å². The molecule has 1 aliphatic heterocycles. The monoisotopic (exact) mass is 276 g/mol. The smallest absolute Gasteiger partial charge is 0.162 e. The number of methoxy groups -OCH3 is 2. The maximum atomic E-state index is 5.40. The Labute approximate surface area is 120 Å². The van der Waals surface area contributed by atoms with Crippen molar-refractivity contribution in [3.63, 3.8) is 0 Å². The van der Waals surface area contributed by atoms with E-state index in [-0.39, 0.29) is 5.54 Å². The Kier molecular flexibility index (Phi) is 3.40. The van der Waals surface area contributed by atoms with Crippen molar-refractivity contribution < 1.29 is 9.47 Å². The van der Waals surface area contributed by atoms with Gasteiger partial charge in [0.25, 0.3) is 0 Å². The van der Waals surface area contributed by atoms with Gasteiger partial charge in [-0.1, -0.05) is 6.92 Å². The van der Waals surface area contributed by atoms with Crippen LogP contribution < -0.4 is 20.1 Å². The van der Waals surface area contributed by atoms with Crippen molar-refractivity contribution in [1.82, 2.24) is 0 Å². The zero-order chi connectivity index (χ0) is 14.2. The molecule has 1 aromatic rings. The Morgan fingerprint density at radius 1 is 1.05 bits per heavy atom. The highest BCUT2D eigenvalue weighted by atomic mass is 16.5. The number of ether oxygens (including phenoxy) is 2. The van der Waals surface area contributed by atoms with E-state index in [1.54, 1.807) is 14.2 Å². The number of nitrogens with one attached hydrogen (secondary N) is 2. The van der Waals surface area contributed by atoms with Crippen LogP contribution in [-0.2, 0) is 0 Å². The van der Waals surface area contributed by atoms with Crippen LogP contribution in [0.4, 0.5) is 11.4 Å². The number of fused-ring (bicyclic) bond motifs is 1. The first kappa shape index (κ1) is 13.4. The van der Waals surface area contributed by atoms with Crippen LogP contribution in [0.1, 0.15) is 32.6 Å². The van der Waals surface area contributed by atoms with E-state index < -0.39 is 0 Å². The molecule has 20 heavy (non-hydrogen) atoms. The van der Waals surface area contributed by atoms with Crippen molar-refractivity contribution in [3.8, 4) is 11.5 Å². The van der Waals surface area contributed by atoms with Gasteiger partial charge in [0.15, 0.2) is 11.5 Å². The molecule has 1 aromatic carbocycles. The van der Waals surface area contributed by atoms with Crippen molar-refractivity contribution in [1.29, 1.82) is 0 Å². The normalized spacial score (nSPS) is 28.2. The molecule has 1 fully saturated rings. The van der Waals surface area contributed by atoms with E-state index >= 15 is 0 Å². The minimum atomic E-state index is 0.207. The largest absolute Gasteiger partial charge is 0.493 e. The molecule has 0 amide bonds. The van der Waals surface area contributed by atoms with Crippen LogP contribution in [-0.4, -0.2) is 26.3 Å². The van der Waals surface area contributed by atoms with E-state index in [1.165, 1.54) is 25.7 Å². The van der Waals surface area contributed by atoms with Gasteiger partial charge in [-0.25, -0.2) is 0 Å². The standard InChI is InChI=1S/C16H24N2O2/c1-11-4-6-16(7-5-11)10-17-12-8-14(19-2)15(20-3)9-13(12)18-16/h8-9,11,17-18H,4-7,10H2,1-3H3. The van der Waals surface area contributed by atoms with Crippen LogP contribution >= 0.6 is 0 Å². The van der Waals surface area contributed by atoms with Gasteiger partial charge in [0.2, 0.25) is 0 Å². The average molecular weight is 276 g/mol. The molecule has 0 atom stereocenters. The van der Waals surface area contributed by atoms with Gasteiger partial charge in [-0.3, -0.25) is 0 Å². The number of hydrogen-bond donors (Lipinski definition) is 2. The third-order valence-electron chi connectivity index (χ3n) is 4.77. The molecule has 0 saturated heterocycles. The maximum Gasteiger partial charge on any atom is 0.162 e. The topological polar surface area (TPSA) is 42.5 Å². The molecule has 1 saturated carbocycles. The van der Waals surface area contributed by atoms with Gasteiger partial charge in [0.1, 0.15) is 0 Å². The van der Waals surface area contributed by atoms with Gasteiger partial charge in [-0.15, -0.1) is 0 Å². The second-order valence-corrected chi connectivity index (χ2v) is 6.19. The number of rotatable bonds is 2. The molecular formula is C16H24N2O2. The fourth-order valence-electron chi connectivity index (χ4n) is 3.34. The lowest BCUT2D eigenvalue weighted by Gasteiger charge is -2.44. The Morgan fingerprint density at radius 3 is 2.25 bits per heavy atom. The summed E-state index contributed by atoms with van der Waals surface area (Å²) in [7, 11) is 3.35. The second-order valence-electron chi connectivity index (χ2n) is 6.19. The summed E-state index contributed by atoms with van der Waals surface area (Å²) in [4.78, 5) is 0. The van der Waals surface area contributed by atoms with E-state index in [2.05, 4.69) is 17.6 Å². The van der Waals surface area contributed by atoms with Gasteiger partial charge < -0.3 is 20.1 Å². The third-order valence-corrected chi connectivity index (χ3v) is 4.77. The summed E-state index contributed by atoms with van der Waals surface area (Å²) >= 11 is 0. The zero-order valence-electron chi connectivity index (χ0n) is 12.6. The Hall–Kier alpha value is -1.58. The molecule has 110 valence electrons. The molecule has 4 heteroatoms. The Morgan fingerprint density at radius 2 is 1.65 bits per heavy atom. The fraction of sp³-hybridized carbons (Fsp3) is 0.625. The highest BCUT2D eigenvalue weighted by molar-refractivity contribution is 5.77. The van der Waals surface area contributed by atoms with Crippen molar-refractivity contribution in [2.75, 3.05) is 31.4 Å². The van der Waals surface area contributed by atoms with E-state index in [4.69, 9.17) is 9.47 Å².